The molecule has 8 rings (SSSR count). The highest BCUT2D eigenvalue weighted by Gasteiger charge is 2.14. The van der Waals surface area contributed by atoms with Crippen LogP contribution in [-0.2, 0) is 0 Å². The summed E-state index contributed by atoms with van der Waals surface area (Å²) < 4.78 is 0. The Labute approximate surface area is 243 Å². The zero-order valence-corrected chi connectivity index (χ0v) is 22.8. The Bertz CT molecular complexity index is 2200. The van der Waals surface area contributed by atoms with Crippen molar-refractivity contribution < 1.29 is 0 Å². The van der Waals surface area contributed by atoms with Gasteiger partial charge in [0.1, 0.15) is 0 Å². The van der Waals surface area contributed by atoms with E-state index in [4.69, 9.17) is 9.97 Å². The minimum Gasteiger partial charge on any atom is -0.264 e. The first-order valence-corrected chi connectivity index (χ1v) is 14.1. The quantitative estimate of drug-likeness (QED) is 0.211. The second-order valence-electron chi connectivity index (χ2n) is 10.5. The lowest BCUT2D eigenvalue weighted by Gasteiger charge is -2.13. The van der Waals surface area contributed by atoms with Gasteiger partial charge in [0.2, 0.25) is 0 Å². The summed E-state index contributed by atoms with van der Waals surface area (Å²) >= 11 is 0. The molecule has 0 N–H and O–H groups in total. The van der Waals surface area contributed by atoms with Gasteiger partial charge < -0.3 is 0 Å². The van der Waals surface area contributed by atoms with Crippen LogP contribution in [0.15, 0.2) is 152 Å². The van der Waals surface area contributed by atoms with Crippen molar-refractivity contribution in [3.8, 4) is 45.0 Å². The molecular weight excluding hydrogens is 510 g/mol. The normalized spacial score (nSPS) is 11.3. The van der Waals surface area contributed by atoms with E-state index in [-0.39, 0.29) is 0 Å². The van der Waals surface area contributed by atoms with Gasteiger partial charge in [0.15, 0.2) is 5.82 Å². The molecule has 0 atom stereocenters. The highest BCUT2D eigenvalue weighted by Crippen LogP contribution is 2.37. The summed E-state index contributed by atoms with van der Waals surface area (Å²) in [6.45, 7) is 0. The van der Waals surface area contributed by atoms with Gasteiger partial charge in [0, 0.05) is 34.6 Å². The lowest BCUT2D eigenvalue weighted by atomic mass is 9.92. The van der Waals surface area contributed by atoms with Crippen molar-refractivity contribution in [2.24, 2.45) is 0 Å². The number of hydrogen-bond acceptors (Lipinski definition) is 3. The number of pyridine rings is 1. The van der Waals surface area contributed by atoms with Crippen LogP contribution in [0.5, 0.6) is 0 Å². The number of hydrogen-bond donors (Lipinski definition) is 0. The second kappa shape index (κ2) is 10.1. The summed E-state index contributed by atoms with van der Waals surface area (Å²) in [6, 6.07) is 48.9. The van der Waals surface area contributed by atoms with Gasteiger partial charge in [-0.25, -0.2) is 9.97 Å². The fourth-order valence-corrected chi connectivity index (χ4v) is 5.92. The zero-order valence-electron chi connectivity index (χ0n) is 22.8. The highest BCUT2D eigenvalue weighted by molar-refractivity contribution is 6.25. The van der Waals surface area contributed by atoms with Gasteiger partial charge in [-0.15, -0.1) is 0 Å². The topological polar surface area (TPSA) is 38.7 Å². The molecule has 2 heterocycles. The number of aromatic nitrogens is 3. The van der Waals surface area contributed by atoms with Crippen LogP contribution in [0.2, 0.25) is 0 Å². The van der Waals surface area contributed by atoms with Gasteiger partial charge >= 0.3 is 0 Å². The van der Waals surface area contributed by atoms with Gasteiger partial charge in [-0.05, 0) is 62.1 Å². The lowest BCUT2D eigenvalue weighted by molar-refractivity contribution is 1.18. The third-order valence-corrected chi connectivity index (χ3v) is 7.95. The average molecular weight is 536 g/mol. The molecule has 196 valence electrons. The minimum atomic E-state index is 0.695. The standard InChI is InChI=1S/C39H25N3/c1-2-10-26(11-3-1)37-24-38(42-39(41-37)29-13-8-12-27(22-29)30-14-9-21-40-25-30)28-19-20-35-33-17-5-4-15-31(33)32-16-6-7-18-34(32)36(35)23-28/h1-25H. The Balaban J connectivity index is 1.35. The predicted molar refractivity (Wildman–Crippen MR) is 174 cm³/mol. The molecule has 0 saturated carbocycles. The molecule has 0 aliphatic heterocycles. The summed E-state index contributed by atoms with van der Waals surface area (Å²) in [7, 11) is 0. The lowest BCUT2D eigenvalue weighted by Crippen LogP contribution is -1.96. The maximum absolute atomic E-state index is 5.16. The average Bonchev–Trinajstić information content (AvgIpc) is 3.09. The van der Waals surface area contributed by atoms with Crippen molar-refractivity contribution in [3.63, 3.8) is 0 Å². The Morgan fingerprint density at radius 3 is 1.60 bits per heavy atom. The summed E-state index contributed by atoms with van der Waals surface area (Å²) in [6.07, 6.45) is 3.68. The first-order valence-electron chi connectivity index (χ1n) is 14.1. The number of rotatable bonds is 4. The minimum absolute atomic E-state index is 0.695. The van der Waals surface area contributed by atoms with E-state index in [9.17, 15) is 0 Å². The molecule has 42 heavy (non-hydrogen) atoms. The van der Waals surface area contributed by atoms with Gasteiger partial charge in [-0.2, -0.15) is 0 Å². The molecule has 0 radical (unpaired) electrons. The molecule has 0 aliphatic carbocycles. The molecule has 0 unspecified atom stereocenters. The number of nitrogens with zero attached hydrogens (tertiary/aromatic N) is 3. The van der Waals surface area contributed by atoms with E-state index in [1.54, 1.807) is 6.20 Å². The molecule has 0 spiro atoms. The van der Waals surface area contributed by atoms with Gasteiger partial charge in [0.25, 0.3) is 0 Å². The summed E-state index contributed by atoms with van der Waals surface area (Å²) in [4.78, 5) is 14.5. The monoisotopic (exact) mass is 535 g/mol. The Kier molecular flexibility index (Phi) is 5.79. The van der Waals surface area contributed by atoms with Crippen LogP contribution in [0.1, 0.15) is 0 Å². The van der Waals surface area contributed by atoms with E-state index < -0.39 is 0 Å². The van der Waals surface area contributed by atoms with E-state index in [0.29, 0.717) is 5.82 Å². The molecule has 0 fully saturated rings. The molecule has 2 aromatic heterocycles. The Morgan fingerprint density at radius 2 is 0.905 bits per heavy atom. The molecular formula is C39H25N3. The summed E-state index contributed by atoms with van der Waals surface area (Å²) in [5.74, 6) is 0.695. The van der Waals surface area contributed by atoms with Crippen molar-refractivity contribution in [1.82, 2.24) is 15.0 Å². The maximum Gasteiger partial charge on any atom is 0.160 e. The number of benzene rings is 6. The van der Waals surface area contributed by atoms with Crippen LogP contribution in [0, 0.1) is 0 Å². The molecule has 0 aliphatic rings. The molecule has 0 amide bonds. The summed E-state index contributed by atoms with van der Waals surface area (Å²) in [5, 5.41) is 7.51. The van der Waals surface area contributed by atoms with Gasteiger partial charge in [-0.3, -0.25) is 4.98 Å². The Hall–Kier alpha value is -5.67. The third-order valence-electron chi connectivity index (χ3n) is 7.95. The Morgan fingerprint density at radius 1 is 0.333 bits per heavy atom. The first-order chi connectivity index (χ1) is 20.8. The van der Waals surface area contributed by atoms with Crippen molar-refractivity contribution in [2.75, 3.05) is 0 Å². The second-order valence-corrected chi connectivity index (χ2v) is 10.5. The van der Waals surface area contributed by atoms with Crippen molar-refractivity contribution in [2.45, 2.75) is 0 Å². The van der Waals surface area contributed by atoms with Gasteiger partial charge in [0.05, 0.1) is 11.4 Å². The predicted octanol–water partition coefficient (Wildman–Crippen LogP) is 10.00. The van der Waals surface area contributed by atoms with Gasteiger partial charge in [-0.1, -0.05) is 115 Å². The van der Waals surface area contributed by atoms with E-state index in [1.807, 2.05) is 30.5 Å². The van der Waals surface area contributed by atoms with Crippen molar-refractivity contribution in [1.29, 1.82) is 0 Å². The zero-order chi connectivity index (χ0) is 27.9. The van der Waals surface area contributed by atoms with E-state index in [0.717, 1.165) is 39.2 Å². The van der Waals surface area contributed by atoms with E-state index >= 15 is 0 Å². The van der Waals surface area contributed by atoms with Crippen LogP contribution >= 0.6 is 0 Å². The summed E-state index contributed by atoms with van der Waals surface area (Å²) in [5.41, 5.74) is 7.02. The van der Waals surface area contributed by atoms with Crippen LogP contribution in [-0.4, -0.2) is 15.0 Å². The van der Waals surface area contributed by atoms with Crippen molar-refractivity contribution >= 4 is 32.3 Å². The first kappa shape index (κ1) is 24.2. The van der Waals surface area contributed by atoms with Crippen LogP contribution in [0.4, 0.5) is 0 Å². The molecule has 6 aromatic carbocycles. The third kappa shape index (κ3) is 4.20. The van der Waals surface area contributed by atoms with Crippen LogP contribution < -0.4 is 0 Å². The van der Waals surface area contributed by atoms with E-state index in [1.165, 1.54) is 32.3 Å². The van der Waals surface area contributed by atoms with Crippen LogP contribution in [0.25, 0.3) is 77.3 Å². The smallest absolute Gasteiger partial charge is 0.160 e. The SMILES string of the molecule is c1ccc(-c2cc(-c3ccc4c5ccccc5c5ccccc5c4c3)nc(-c3cccc(-c4cccnc4)c3)n2)cc1. The van der Waals surface area contributed by atoms with E-state index in [2.05, 4.69) is 120 Å². The highest BCUT2D eigenvalue weighted by atomic mass is 14.9. The fraction of sp³-hybridized carbons (Fsp3) is 0. The van der Waals surface area contributed by atoms with Crippen molar-refractivity contribution in [3.05, 3.63) is 152 Å². The number of fused-ring (bicyclic) bond motifs is 6. The largest absolute Gasteiger partial charge is 0.264 e. The molecule has 0 saturated heterocycles. The maximum atomic E-state index is 5.16. The fourth-order valence-electron chi connectivity index (χ4n) is 5.92. The molecule has 8 aromatic rings. The molecule has 3 nitrogen and oxygen atoms in total. The van der Waals surface area contributed by atoms with Crippen LogP contribution in [0.3, 0.4) is 0 Å². The molecule has 3 heteroatoms. The molecule has 0 bridgehead atoms.